The maximum atomic E-state index is 13.3. The summed E-state index contributed by atoms with van der Waals surface area (Å²) >= 11 is 0. The third kappa shape index (κ3) is 5.69. The van der Waals surface area contributed by atoms with E-state index in [4.69, 9.17) is 4.74 Å². The number of ether oxygens (including phenoxy) is 1. The molecular weight excluding hydrogens is 494 g/mol. The number of anilines is 3. The fraction of sp³-hybridized carbons (Fsp3) is 0.138. The van der Waals surface area contributed by atoms with E-state index in [-0.39, 0.29) is 6.54 Å². The van der Waals surface area contributed by atoms with Crippen LogP contribution in [-0.4, -0.2) is 58.6 Å². The number of fused-ring (bicyclic) bond motifs is 1. The van der Waals surface area contributed by atoms with Crippen molar-refractivity contribution in [2.24, 2.45) is 0 Å². The lowest BCUT2D eigenvalue weighted by atomic mass is 10.1. The summed E-state index contributed by atoms with van der Waals surface area (Å²) < 4.78 is 5.04. The van der Waals surface area contributed by atoms with Crippen LogP contribution in [0.3, 0.4) is 0 Å². The van der Waals surface area contributed by atoms with E-state index in [0.717, 1.165) is 28.0 Å². The van der Waals surface area contributed by atoms with Gasteiger partial charge < -0.3 is 25.3 Å². The first-order chi connectivity index (χ1) is 19.1. The first-order valence-corrected chi connectivity index (χ1v) is 12.3. The van der Waals surface area contributed by atoms with Crippen LogP contribution in [0.2, 0.25) is 0 Å². The average molecular weight is 522 g/mol. The van der Waals surface area contributed by atoms with E-state index in [1.165, 1.54) is 7.11 Å². The molecule has 0 spiro atoms. The van der Waals surface area contributed by atoms with E-state index in [9.17, 15) is 9.59 Å². The number of benzene rings is 2. The Bertz CT molecular complexity index is 1550. The van der Waals surface area contributed by atoms with Gasteiger partial charge >= 0.3 is 5.97 Å². The lowest BCUT2D eigenvalue weighted by molar-refractivity contribution is -0.142. The number of para-hydroxylation sites is 1. The third-order valence-electron chi connectivity index (χ3n) is 6.19. The normalized spacial score (nSPS) is 11.5. The summed E-state index contributed by atoms with van der Waals surface area (Å²) in [5.74, 6) is 0.188. The number of nitrogens with zero attached hydrogens (tertiary/aromatic N) is 4. The second-order valence-corrected chi connectivity index (χ2v) is 8.68. The maximum Gasteiger partial charge on any atom is 0.330 e. The van der Waals surface area contributed by atoms with Gasteiger partial charge in [0.1, 0.15) is 11.9 Å². The van der Waals surface area contributed by atoms with Gasteiger partial charge in [0.2, 0.25) is 5.95 Å². The molecule has 5 rings (SSSR count). The van der Waals surface area contributed by atoms with Crippen LogP contribution in [0, 0.1) is 0 Å². The summed E-state index contributed by atoms with van der Waals surface area (Å²) in [6.07, 6.45) is 3.35. The van der Waals surface area contributed by atoms with Crippen molar-refractivity contribution in [3.8, 4) is 11.4 Å². The fourth-order valence-corrected chi connectivity index (χ4v) is 4.24. The Labute approximate surface area is 225 Å². The number of amides is 1. The molecule has 1 unspecified atom stereocenters. The van der Waals surface area contributed by atoms with E-state index in [2.05, 4.69) is 30.6 Å². The van der Waals surface area contributed by atoms with E-state index < -0.39 is 17.9 Å². The molecule has 0 aliphatic rings. The van der Waals surface area contributed by atoms with Crippen LogP contribution in [0.15, 0.2) is 91.3 Å². The molecule has 2 aromatic carbocycles. The summed E-state index contributed by atoms with van der Waals surface area (Å²) in [4.78, 5) is 44.4. The first kappa shape index (κ1) is 25.4. The van der Waals surface area contributed by atoms with Gasteiger partial charge in [0, 0.05) is 41.6 Å². The van der Waals surface area contributed by atoms with Crippen LogP contribution in [0.25, 0.3) is 22.3 Å². The molecule has 10 heteroatoms. The van der Waals surface area contributed by atoms with Crippen molar-refractivity contribution in [2.45, 2.75) is 6.04 Å². The number of methoxy groups -OCH3 is 1. The summed E-state index contributed by atoms with van der Waals surface area (Å²) in [5.41, 5.74) is 3.60. The molecule has 0 radical (unpaired) electrons. The van der Waals surface area contributed by atoms with Crippen molar-refractivity contribution >= 4 is 40.2 Å². The molecule has 0 fully saturated rings. The predicted molar refractivity (Wildman–Crippen MR) is 150 cm³/mol. The topological polar surface area (TPSA) is 125 Å². The summed E-state index contributed by atoms with van der Waals surface area (Å²) in [6.45, 7) is 0.123. The van der Waals surface area contributed by atoms with Crippen LogP contribution < -0.4 is 15.5 Å². The first-order valence-electron chi connectivity index (χ1n) is 12.3. The molecule has 0 saturated carbocycles. The van der Waals surface area contributed by atoms with Gasteiger partial charge in [-0.15, -0.1) is 0 Å². The highest BCUT2D eigenvalue weighted by molar-refractivity contribution is 6.00. The highest BCUT2D eigenvalue weighted by Crippen LogP contribution is 2.25. The minimum absolute atomic E-state index is 0.123. The number of pyridine rings is 1. The van der Waals surface area contributed by atoms with Gasteiger partial charge in [-0.05, 0) is 54.6 Å². The van der Waals surface area contributed by atoms with Gasteiger partial charge in [-0.25, -0.2) is 19.7 Å². The second-order valence-electron chi connectivity index (χ2n) is 8.68. The predicted octanol–water partition coefficient (Wildman–Crippen LogP) is 4.17. The van der Waals surface area contributed by atoms with Crippen molar-refractivity contribution in [3.05, 3.63) is 96.8 Å². The molecule has 3 N–H and O–H groups in total. The Hall–Kier alpha value is -5.25. The monoisotopic (exact) mass is 521 g/mol. The quantitative estimate of drug-likeness (QED) is 0.247. The Morgan fingerprint density at radius 2 is 1.79 bits per heavy atom. The van der Waals surface area contributed by atoms with Crippen LogP contribution in [0.1, 0.15) is 10.4 Å². The van der Waals surface area contributed by atoms with Gasteiger partial charge in [-0.1, -0.05) is 24.3 Å². The van der Waals surface area contributed by atoms with E-state index in [1.807, 2.05) is 65.6 Å². The van der Waals surface area contributed by atoms with Gasteiger partial charge in [0.25, 0.3) is 5.91 Å². The molecule has 3 heterocycles. The molecule has 0 bridgehead atoms. The molecule has 10 nitrogen and oxygen atoms in total. The van der Waals surface area contributed by atoms with Crippen molar-refractivity contribution in [1.29, 1.82) is 0 Å². The Balaban J connectivity index is 1.40. The molecule has 196 valence electrons. The van der Waals surface area contributed by atoms with E-state index in [0.29, 0.717) is 17.3 Å². The molecule has 0 aliphatic carbocycles. The zero-order chi connectivity index (χ0) is 27.2. The average Bonchev–Trinajstić information content (AvgIpc) is 3.43. The second kappa shape index (κ2) is 11.4. The lowest BCUT2D eigenvalue weighted by Crippen LogP contribution is -2.48. The largest absolute Gasteiger partial charge is 0.467 e. The zero-order valence-electron chi connectivity index (χ0n) is 21.5. The smallest absolute Gasteiger partial charge is 0.330 e. The summed E-state index contributed by atoms with van der Waals surface area (Å²) in [5, 5.41) is 6.61. The lowest BCUT2D eigenvalue weighted by Gasteiger charge is -2.28. The highest BCUT2D eigenvalue weighted by Gasteiger charge is 2.26. The number of aromatic amines is 1. The SMILES string of the molecule is CNc1nccc(-c2cc3cc(C(=O)NC(CN(c4ccccc4)c4ccccn4)C(=O)OC)ccc3[nH]2)n1. The molecule has 39 heavy (non-hydrogen) atoms. The van der Waals surface area contributed by atoms with Crippen molar-refractivity contribution in [1.82, 2.24) is 25.3 Å². The number of rotatable bonds is 9. The molecule has 1 atom stereocenters. The standard InChI is InChI=1S/C29H27N7O3/c1-30-29-32-15-13-23(35-29)24-17-20-16-19(11-12-22(20)33-24)27(37)34-25(28(38)39-2)18-36(21-8-4-3-5-9-21)26-10-6-7-14-31-26/h3-17,25,33H,18H2,1-2H3,(H,34,37)(H,30,32,35). The highest BCUT2D eigenvalue weighted by atomic mass is 16.5. The van der Waals surface area contributed by atoms with Crippen LogP contribution in [0.5, 0.6) is 0 Å². The molecule has 3 aromatic heterocycles. The zero-order valence-corrected chi connectivity index (χ0v) is 21.5. The summed E-state index contributed by atoms with van der Waals surface area (Å²) in [6, 6.07) is 23.1. The Morgan fingerprint density at radius 1 is 0.974 bits per heavy atom. The molecule has 0 saturated heterocycles. The fourth-order valence-electron chi connectivity index (χ4n) is 4.24. The Kier molecular flexibility index (Phi) is 7.44. The minimum atomic E-state index is -0.955. The van der Waals surface area contributed by atoms with Gasteiger partial charge in [0.05, 0.1) is 25.0 Å². The van der Waals surface area contributed by atoms with Crippen LogP contribution in [0.4, 0.5) is 17.5 Å². The number of carbonyl (C=O) groups is 2. The minimum Gasteiger partial charge on any atom is -0.467 e. The molecule has 0 aliphatic heterocycles. The number of aromatic nitrogens is 4. The molecule has 1 amide bonds. The molecular formula is C29H27N7O3. The van der Waals surface area contributed by atoms with Crippen molar-refractivity contribution in [3.63, 3.8) is 0 Å². The van der Waals surface area contributed by atoms with Gasteiger partial charge in [0.15, 0.2) is 0 Å². The number of nitrogens with one attached hydrogen (secondary N) is 3. The summed E-state index contributed by atoms with van der Waals surface area (Å²) in [7, 11) is 3.06. The van der Waals surface area contributed by atoms with E-state index in [1.54, 1.807) is 37.6 Å². The van der Waals surface area contributed by atoms with Crippen LogP contribution >= 0.6 is 0 Å². The van der Waals surface area contributed by atoms with E-state index >= 15 is 0 Å². The number of hydrogen-bond donors (Lipinski definition) is 3. The van der Waals surface area contributed by atoms with Gasteiger partial charge in [-0.2, -0.15) is 0 Å². The third-order valence-corrected chi connectivity index (χ3v) is 6.19. The number of H-pyrrole nitrogens is 1. The Morgan fingerprint density at radius 3 is 2.54 bits per heavy atom. The van der Waals surface area contributed by atoms with Gasteiger partial charge in [-0.3, -0.25) is 4.79 Å². The number of hydrogen-bond acceptors (Lipinski definition) is 8. The maximum absolute atomic E-state index is 13.3. The molecule has 5 aromatic rings. The van der Waals surface area contributed by atoms with Crippen molar-refractivity contribution < 1.29 is 14.3 Å². The van der Waals surface area contributed by atoms with Crippen molar-refractivity contribution in [2.75, 3.05) is 30.9 Å². The number of carbonyl (C=O) groups excluding carboxylic acids is 2. The number of esters is 1. The van der Waals surface area contributed by atoms with Crippen LogP contribution in [-0.2, 0) is 9.53 Å².